The highest BCUT2D eigenvalue weighted by Crippen LogP contribution is 2.33. The van der Waals surface area contributed by atoms with Crippen molar-refractivity contribution in [3.63, 3.8) is 0 Å². The lowest BCUT2D eigenvalue weighted by Gasteiger charge is -2.13. The molecule has 0 unspecified atom stereocenters. The minimum atomic E-state index is 0.617. The van der Waals surface area contributed by atoms with Crippen LogP contribution in [0.15, 0.2) is 36.4 Å². The van der Waals surface area contributed by atoms with E-state index in [2.05, 4.69) is 19.1 Å². The Morgan fingerprint density at radius 3 is 2.10 bits per heavy atom. The Kier molecular flexibility index (Phi) is 5.09. The number of nitrogens with two attached hydrogens (primary N) is 1. The first-order valence-electron chi connectivity index (χ1n) is 7.48. The summed E-state index contributed by atoms with van der Waals surface area (Å²) in [5.41, 5.74) is 10.2. The summed E-state index contributed by atoms with van der Waals surface area (Å²) >= 11 is 0. The Morgan fingerprint density at radius 2 is 1.43 bits per heavy atom. The molecule has 0 aliphatic rings. The summed E-state index contributed by atoms with van der Waals surface area (Å²) in [6.45, 7) is 7.30. The van der Waals surface area contributed by atoms with Gasteiger partial charge in [-0.1, -0.05) is 19.1 Å². The first kappa shape index (κ1) is 15.2. The summed E-state index contributed by atoms with van der Waals surface area (Å²) in [6, 6.07) is 12.2. The molecule has 0 aliphatic heterocycles. The van der Waals surface area contributed by atoms with Crippen LogP contribution in [0.1, 0.15) is 26.3 Å². The molecule has 112 valence electrons. The van der Waals surface area contributed by atoms with E-state index in [0.717, 1.165) is 34.7 Å². The van der Waals surface area contributed by atoms with Gasteiger partial charge in [-0.25, -0.2) is 0 Å². The topological polar surface area (TPSA) is 44.5 Å². The zero-order chi connectivity index (χ0) is 15.2. The van der Waals surface area contributed by atoms with Gasteiger partial charge in [-0.05, 0) is 61.2 Å². The van der Waals surface area contributed by atoms with Crippen LogP contribution in [0.25, 0.3) is 11.1 Å². The maximum absolute atomic E-state index is 5.97. The maximum Gasteiger partial charge on any atom is 0.161 e. The van der Waals surface area contributed by atoms with E-state index >= 15 is 0 Å². The van der Waals surface area contributed by atoms with Gasteiger partial charge in [0.15, 0.2) is 11.5 Å². The molecule has 2 rings (SSSR count). The molecule has 0 amide bonds. The summed E-state index contributed by atoms with van der Waals surface area (Å²) in [5, 5.41) is 0. The third-order valence-electron chi connectivity index (χ3n) is 3.40. The molecule has 3 heteroatoms. The Labute approximate surface area is 126 Å². The van der Waals surface area contributed by atoms with Gasteiger partial charge in [-0.15, -0.1) is 0 Å². The summed E-state index contributed by atoms with van der Waals surface area (Å²) in [6.07, 6.45) is 0.926. The molecule has 0 saturated heterocycles. The Balaban J connectivity index is 2.41. The van der Waals surface area contributed by atoms with Crippen LogP contribution >= 0.6 is 0 Å². The van der Waals surface area contributed by atoms with Gasteiger partial charge in [0.1, 0.15) is 0 Å². The molecule has 21 heavy (non-hydrogen) atoms. The van der Waals surface area contributed by atoms with Gasteiger partial charge < -0.3 is 15.2 Å². The Bertz CT molecular complexity index is 608. The van der Waals surface area contributed by atoms with Gasteiger partial charge >= 0.3 is 0 Å². The van der Waals surface area contributed by atoms with Crippen LogP contribution < -0.4 is 15.2 Å². The zero-order valence-electron chi connectivity index (χ0n) is 13.0. The molecule has 0 aromatic heterocycles. The molecule has 0 spiro atoms. The van der Waals surface area contributed by atoms with E-state index in [9.17, 15) is 0 Å². The molecule has 0 fully saturated rings. The lowest BCUT2D eigenvalue weighted by Crippen LogP contribution is -1.99. The number of nitrogen functional groups attached to an aromatic ring is 1. The summed E-state index contributed by atoms with van der Waals surface area (Å²) in [7, 11) is 0. The second kappa shape index (κ2) is 7.02. The van der Waals surface area contributed by atoms with Gasteiger partial charge in [-0.2, -0.15) is 0 Å². The third-order valence-corrected chi connectivity index (χ3v) is 3.40. The monoisotopic (exact) mass is 285 g/mol. The average molecular weight is 285 g/mol. The molecule has 2 aromatic carbocycles. The number of aryl methyl sites for hydroxylation is 1. The molecule has 0 aliphatic carbocycles. The van der Waals surface area contributed by atoms with Crippen molar-refractivity contribution < 1.29 is 9.47 Å². The number of anilines is 1. The zero-order valence-corrected chi connectivity index (χ0v) is 13.0. The third kappa shape index (κ3) is 3.48. The first-order valence-corrected chi connectivity index (χ1v) is 7.48. The van der Waals surface area contributed by atoms with Crippen LogP contribution in [0, 0.1) is 0 Å². The predicted molar refractivity (Wildman–Crippen MR) is 88.0 cm³/mol. The smallest absolute Gasteiger partial charge is 0.161 e. The number of rotatable bonds is 6. The fourth-order valence-corrected chi connectivity index (χ4v) is 2.32. The maximum atomic E-state index is 5.97. The standard InChI is InChI=1S/C18H23NO2/c1-4-13-11-14(7-9-16(13)19)15-8-10-17(20-5-2)18(12-15)21-6-3/h7-12H,4-6,19H2,1-3H3. The van der Waals surface area contributed by atoms with Crippen molar-refractivity contribution in [3.8, 4) is 22.6 Å². The fraction of sp³-hybridized carbons (Fsp3) is 0.333. The fourth-order valence-electron chi connectivity index (χ4n) is 2.32. The largest absolute Gasteiger partial charge is 0.490 e. The second-order valence-corrected chi connectivity index (χ2v) is 4.79. The van der Waals surface area contributed by atoms with E-state index in [1.807, 2.05) is 38.1 Å². The van der Waals surface area contributed by atoms with E-state index in [1.54, 1.807) is 0 Å². The van der Waals surface area contributed by atoms with Crippen molar-refractivity contribution in [3.05, 3.63) is 42.0 Å². The molecule has 0 bridgehead atoms. The van der Waals surface area contributed by atoms with E-state index < -0.39 is 0 Å². The number of hydrogen-bond donors (Lipinski definition) is 1. The average Bonchev–Trinajstić information content (AvgIpc) is 2.50. The van der Waals surface area contributed by atoms with Crippen molar-refractivity contribution in [1.82, 2.24) is 0 Å². The number of ether oxygens (including phenoxy) is 2. The lowest BCUT2D eigenvalue weighted by atomic mass is 10.0. The first-order chi connectivity index (χ1) is 10.2. The summed E-state index contributed by atoms with van der Waals surface area (Å²) in [5.74, 6) is 1.57. The summed E-state index contributed by atoms with van der Waals surface area (Å²) < 4.78 is 11.3. The van der Waals surface area contributed by atoms with Crippen LogP contribution in [0.3, 0.4) is 0 Å². The molecule has 2 aromatic rings. The van der Waals surface area contributed by atoms with Crippen molar-refractivity contribution >= 4 is 5.69 Å². The SMILES string of the molecule is CCOc1ccc(-c2ccc(N)c(CC)c2)cc1OCC. The molecule has 0 saturated carbocycles. The van der Waals surface area contributed by atoms with E-state index in [-0.39, 0.29) is 0 Å². The van der Waals surface area contributed by atoms with E-state index in [1.165, 1.54) is 5.56 Å². The van der Waals surface area contributed by atoms with Crippen LogP contribution in [0.4, 0.5) is 5.69 Å². The van der Waals surface area contributed by atoms with E-state index in [4.69, 9.17) is 15.2 Å². The molecule has 3 nitrogen and oxygen atoms in total. The number of hydrogen-bond acceptors (Lipinski definition) is 3. The van der Waals surface area contributed by atoms with Crippen LogP contribution in [-0.4, -0.2) is 13.2 Å². The van der Waals surface area contributed by atoms with Crippen LogP contribution in [-0.2, 0) is 6.42 Å². The minimum Gasteiger partial charge on any atom is -0.490 e. The van der Waals surface area contributed by atoms with Crippen molar-refractivity contribution in [1.29, 1.82) is 0 Å². The van der Waals surface area contributed by atoms with Crippen LogP contribution in [0.5, 0.6) is 11.5 Å². The normalized spacial score (nSPS) is 10.4. The quantitative estimate of drug-likeness (QED) is 0.805. The highest BCUT2D eigenvalue weighted by molar-refractivity contribution is 5.70. The molecule has 0 radical (unpaired) electrons. The van der Waals surface area contributed by atoms with Crippen molar-refractivity contribution in [2.75, 3.05) is 18.9 Å². The van der Waals surface area contributed by atoms with Gasteiger partial charge in [0.2, 0.25) is 0 Å². The van der Waals surface area contributed by atoms with Gasteiger partial charge in [0.25, 0.3) is 0 Å². The van der Waals surface area contributed by atoms with Crippen molar-refractivity contribution in [2.24, 2.45) is 0 Å². The molecule has 0 heterocycles. The van der Waals surface area contributed by atoms with Crippen LogP contribution in [0.2, 0.25) is 0 Å². The summed E-state index contributed by atoms with van der Waals surface area (Å²) in [4.78, 5) is 0. The Hall–Kier alpha value is -2.16. The van der Waals surface area contributed by atoms with Gasteiger partial charge in [0.05, 0.1) is 13.2 Å². The second-order valence-electron chi connectivity index (χ2n) is 4.79. The molecular weight excluding hydrogens is 262 g/mol. The van der Waals surface area contributed by atoms with Crippen molar-refractivity contribution in [2.45, 2.75) is 27.2 Å². The van der Waals surface area contributed by atoms with E-state index in [0.29, 0.717) is 13.2 Å². The Morgan fingerprint density at radius 1 is 0.810 bits per heavy atom. The van der Waals surface area contributed by atoms with Gasteiger partial charge in [0, 0.05) is 5.69 Å². The molecular formula is C18H23NO2. The minimum absolute atomic E-state index is 0.617. The molecule has 2 N–H and O–H groups in total. The highest BCUT2D eigenvalue weighted by atomic mass is 16.5. The van der Waals surface area contributed by atoms with Gasteiger partial charge in [-0.3, -0.25) is 0 Å². The number of benzene rings is 2. The predicted octanol–water partition coefficient (Wildman–Crippen LogP) is 4.30. The lowest BCUT2D eigenvalue weighted by molar-refractivity contribution is 0.288. The highest BCUT2D eigenvalue weighted by Gasteiger charge is 2.08. The molecule has 0 atom stereocenters.